The summed E-state index contributed by atoms with van der Waals surface area (Å²) in [7, 11) is 3.55. The van der Waals surface area contributed by atoms with Crippen molar-refractivity contribution in [2.75, 3.05) is 14.1 Å². The zero-order valence-electron chi connectivity index (χ0n) is 13.6. The molecule has 0 saturated carbocycles. The summed E-state index contributed by atoms with van der Waals surface area (Å²) in [5.74, 6) is 0.140. The fraction of sp³-hybridized carbons (Fsp3) is 0.438. The molecule has 5 nitrogen and oxygen atoms in total. The van der Waals surface area contributed by atoms with E-state index in [2.05, 4.69) is 0 Å². The zero-order valence-corrected chi connectivity index (χ0v) is 14.4. The fourth-order valence-corrected chi connectivity index (χ4v) is 3.30. The van der Waals surface area contributed by atoms with E-state index in [0.717, 1.165) is 16.4 Å². The predicted octanol–water partition coefficient (Wildman–Crippen LogP) is 2.64. The van der Waals surface area contributed by atoms with Gasteiger partial charge in [0.25, 0.3) is 5.91 Å². The number of ketones is 1. The van der Waals surface area contributed by atoms with Gasteiger partial charge in [-0.3, -0.25) is 19.6 Å². The third-order valence-electron chi connectivity index (χ3n) is 3.53. The van der Waals surface area contributed by atoms with Gasteiger partial charge in [0.2, 0.25) is 0 Å². The number of para-hydroxylation sites is 1. The van der Waals surface area contributed by atoms with Crippen LogP contribution in [0.15, 0.2) is 29.3 Å². The highest BCUT2D eigenvalue weighted by Gasteiger charge is 2.41. The lowest BCUT2D eigenvalue weighted by atomic mass is 10.1. The van der Waals surface area contributed by atoms with Gasteiger partial charge >= 0.3 is 0 Å². The van der Waals surface area contributed by atoms with Gasteiger partial charge in [0, 0.05) is 20.5 Å². The summed E-state index contributed by atoms with van der Waals surface area (Å²) in [4.78, 5) is 28.3. The zero-order chi connectivity index (χ0) is 16.5. The molecule has 0 spiro atoms. The summed E-state index contributed by atoms with van der Waals surface area (Å²) < 4.78 is -0.560. The molecule has 0 radical (unpaired) electrons. The van der Waals surface area contributed by atoms with Crippen molar-refractivity contribution in [3.05, 3.63) is 29.8 Å². The maximum Gasteiger partial charge on any atom is 0.256 e. The van der Waals surface area contributed by atoms with Gasteiger partial charge in [-0.25, -0.2) is 4.99 Å². The van der Waals surface area contributed by atoms with E-state index in [4.69, 9.17) is 4.99 Å². The molecule has 0 atom stereocenters. The summed E-state index contributed by atoms with van der Waals surface area (Å²) in [6, 6.07) is 7.60. The summed E-state index contributed by atoms with van der Waals surface area (Å²) >= 11 is 1.43. The molecule has 1 aromatic rings. The Morgan fingerprint density at radius 1 is 1.23 bits per heavy atom. The predicted molar refractivity (Wildman–Crippen MR) is 90.1 cm³/mol. The van der Waals surface area contributed by atoms with E-state index in [1.807, 2.05) is 45.2 Å². The SMILES string of the molecule is CC(=O)Cc1ccccc1N=C1SC(C)(C)C(=O)N(C)N1C. The minimum Gasteiger partial charge on any atom is -0.300 e. The number of aliphatic imine (C=N–C) groups is 1. The average Bonchev–Trinajstić information content (AvgIpc) is 2.44. The number of hydrogen-bond acceptors (Lipinski definition) is 4. The summed E-state index contributed by atoms with van der Waals surface area (Å²) in [6.45, 7) is 5.35. The number of amides is 1. The average molecular weight is 319 g/mol. The molecule has 0 bridgehead atoms. The number of amidine groups is 1. The Kier molecular flexibility index (Phi) is 4.60. The molecule has 1 aliphatic heterocycles. The Hall–Kier alpha value is -1.82. The van der Waals surface area contributed by atoms with Gasteiger partial charge in [0.05, 0.1) is 10.4 Å². The van der Waals surface area contributed by atoms with Gasteiger partial charge in [-0.1, -0.05) is 30.0 Å². The van der Waals surface area contributed by atoms with E-state index < -0.39 is 4.75 Å². The first kappa shape index (κ1) is 16.5. The number of Topliss-reactive ketones (excluding diaryl/α,β-unsaturated/α-hetero) is 1. The van der Waals surface area contributed by atoms with Gasteiger partial charge < -0.3 is 0 Å². The van der Waals surface area contributed by atoms with Crippen molar-refractivity contribution in [3.8, 4) is 0 Å². The molecule has 1 fully saturated rings. The van der Waals surface area contributed by atoms with Gasteiger partial charge in [0.15, 0.2) is 5.17 Å². The number of rotatable bonds is 3. The molecule has 22 heavy (non-hydrogen) atoms. The molecule has 0 aliphatic carbocycles. The molecule has 1 amide bonds. The summed E-state index contributed by atoms with van der Waals surface area (Å²) in [6.07, 6.45) is 0.361. The van der Waals surface area contributed by atoms with E-state index in [1.165, 1.54) is 11.8 Å². The van der Waals surface area contributed by atoms with Gasteiger partial charge in [0.1, 0.15) is 5.78 Å². The van der Waals surface area contributed by atoms with Crippen molar-refractivity contribution in [2.45, 2.75) is 31.9 Å². The third-order valence-corrected chi connectivity index (χ3v) is 4.75. The number of benzene rings is 1. The Morgan fingerprint density at radius 3 is 2.50 bits per heavy atom. The maximum atomic E-state index is 12.2. The lowest BCUT2D eigenvalue weighted by molar-refractivity contribution is -0.141. The largest absolute Gasteiger partial charge is 0.300 e. The second-order valence-corrected chi connectivity index (χ2v) is 7.46. The minimum absolute atomic E-state index is 0.0379. The molecule has 1 heterocycles. The van der Waals surface area contributed by atoms with Gasteiger partial charge in [-0.15, -0.1) is 0 Å². The van der Waals surface area contributed by atoms with Crippen molar-refractivity contribution in [2.24, 2.45) is 4.99 Å². The lowest BCUT2D eigenvalue weighted by Gasteiger charge is -2.42. The van der Waals surface area contributed by atoms with E-state index in [1.54, 1.807) is 24.0 Å². The van der Waals surface area contributed by atoms with Gasteiger partial charge in [-0.05, 0) is 32.4 Å². The van der Waals surface area contributed by atoms with E-state index in [0.29, 0.717) is 6.42 Å². The third kappa shape index (κ3) is 3.32. The van der Waals surface area contributed by atoms with Crippen LogP contribution < -0.4 is 0 Å². The molecule has 0 N–H and O–H groups in total. The van der Waals surface area contributed by atoms with Crippen molar-refractivity contribution < 1.29 is 9.59 Å². The number of carbonyl (C=O) groups excluding carboxylic acids is 2. The Morgan fingerprint density at radius 2 is 1.86 bits per heavy atom. The van der Waals surface area contributed by atoms with Crippen LogP contribution in [0.3, 0.4) is 0 Å². The normalized spacial score (nSPS) is 19.7. The van der Waals surface area contributed by atoms with Crippen molar-refractivity contribution in [3.63, 3.8) is 0 Å². The minimum atomic E-state index is -0.560. The smallest absolute Gasteiger partial charge is 0.256 e. The van der Waals surface area contributed by atoms with Gasteiger partial charge in [-0.2, -0.15) is 0 Å². The molecule has 0 unspecified atom stereocenters. The molecule has 1 saturated heterocycles. The number of hydrogen-bond donors (Lipinski definition) is 0. The van der Waals surface area contributed by atoms with Crippen molar-refractivity contribution in [1.82, 2.24) is 10.0 Å². The Bertz CT molecular complexity index is 640. The number of carbonyl (C=O) groups is 2. The highest BCUT2D eigenvalue weighted by Crippen LogP contribution is 2.35. The van der Waals surface area contributed by atoms with Crippen LogP contribution in [-0.2, 0) is 16.0 Å². The van der Waals surface area contributed by atoms with Crippen LogP contribution >= 0.6 is 11.8 Å². The van der Waals surface area contributed by atoms with Crippen LogP contribution in [0, 0.1) is 0 Å². The molecular weight excluding hydrogens is 298 g/mol. The van der Waals surface area contributed by atoms with Crippen LogP contribution in [0.5, 0.6) is 0 Å². The molecule has 118 valence electrons. The quantitative estimate of drug-likeness (QED) is 0.859. The molecule has 0 aromatic heterocycles. The maximum absolute atomic E-state index is 12.2. The number of thioether (sulfide) groups is 1. The van der Waals surface area contributed by atoms with Crippen LogP contribution in [-0.4, -0.2) is 45.7 Å². The van der Waals surface area contributed by atoms with Crippen LogP contribution in [0.1, 0.15) is 26.3 Å². The second kappa shape index (κ2) is 6.12. The standard InChI is InChI=1S/C16H21N3O2S/c1-11(20)10-12-8-6-7-9-13(12)17-15-19(5)18(4)14(21)16(2,3)22-15/h6-9H,10H2,1-5H3. The monoisotopic (exact) mass is 319 g/mol. The molecular formula is C16H21N3O2S. The van der Waals surface area contributed by atoms with E-state index in [9.17, 15) is 9.59 Å². The summed E-state index contributed by atoms with van der Waals surface area (Å²) in [5, 5.41) is 4.05. The Balaban J connectivity index is 2.40. The van der Waals surface area contributed by atoms with Crippen molar-refractivity contribution in [1.29, 1.82) is 0 Å². The lowest BCUT2D eigenvalue weighted by Crippen LogP contribution is -2.56. The van der Waals surface area contributed by atoms with E-state index in [-0.39, 0.29) is 11.7 Å². The van der Waals surface area contributed by atoms with Crippen LogP contribution in [0.2, 0.25) is 0 Å². The number of nitrogens with zero attached hydrogens (tertiary/aromatic N) is 3. The second-order valence-electron chi connectivity index (χ2n) is 5.87. The molecule has 6 heteroatoms. The first-order valence-corrected chi connectivity index (χ1v) is 7.91. The highest BCUT2D eigenvalue weighted by molar-refractivity contribution is 8.15. The number of hydrazine groups is 1. The first-order chi connectivity index (χ1) is 10.2. The molecule has 1 aliphatic rings. The summed E-state index contributed by atoms with van der Waals surface area (Å²) in [5.41, 5.74) is 1.67. The van der Waals surface area contributed by atoms with E-state index >= 15 is 0 Å². The highest BCUT2D eigenvalue weighted by atomic mass is 32.2. The van der Waals surface area contributed by atoms with Crippen molar-refractivity contribution >= 4 is 34.3 Å². The molecule has 2 rings (SSSR count). The first-order valence-electron chi connectivity index (χ1n) is 7.09. The van der Waals surface area contributed by atoms with Crippen LogP contribution in [0.25, 0.3) is 0 Å². The Labute approximate surface area is 135 Å². The fourth-order valence-electron chi connectivity index (χ4n) is 2.23. The van der Waals surface area contributed by atoms with Crippen LogP contribution in [0.4, 0.5) is 5.69 Å². The molecule has 1 aromatic carbocycles. The topological polar surface area (TPSA) is 53.0 Å².